The lowest BCUT2D eigenvalue weighted by molar-refractivity contribution is -0.111. The second-order valence-electron chi connectivity index (χ2n) is 7.55. The minimum atomic E-state index is -3.71. The first-order valence-electron chi connectivity index (χ1n) is 8.96. The van der Waals surface area contributed by atoms with Crippen LogP contribution in [0.3, 0.4) is 0 Å². The van der Waals surface area contributed by atoms with Gasteiger partial charge < -0.3 is 15.0 Å². The molecule has 1 aromatic carbocycles. The number of amides is 2. The molecule has 154 valence electrons. The molecule has 2 rings (SSSR count). The number of anilines is 1. The molecule has 1 aromatic rings. The fourth-order valence-corrected chi connectivity index (χ4v) is 4.41. The lowest BCUT2D eigenvalue weighted by atomic mass is 10.2. The molecule has 8 nitrogen and oxygen atoms in total. The Morgan fingerprint density at radius 1 is 1.18 bits per heavy atom. The molecule has 0 bridgehead atoms. The molecule has 9 heteroatoms. The van der Waals surface area contributed by atoms with Gasteiger partial charge in [0.15, 0.2) is 0 Å². The number of ether oxygens (including phenoxy) is 1. The molecule has 0 spiro atoms. The number of rotatable bonds is 4. The molecule has 0 atom stereocenters. The van der Waals surface area contributed by atoms with Crippen molar-refractivity contribution in [2.24, 2.45) is 0 Å². The van der Waals surface area contributed by atoms with Gasteiger partial charge in [-0.3, -0.25) is 4.79 Å². The third-order valence-electron chi connectivity index (χ3n) is 4.14. The summed E-state index contributed by atoms with van der Waals surface area (Å²) in [6.45, 7) is 11.3. The Morgan fingerprint density at radius 3 is 2.29 bits per heavy atom. The Labute approximate surface area is 166 Å². The SMILES string of the molecule is C=CC(=O)Nc1ccc(S(=O)(=O)N2CCN(C(=O)OC(C)(C)C)CC2)c(C)c1. The van der Waals surface area contributed by atoms with Crippen LogP contribution in [0.25, 0.3) is 0 Å². The summed E-state index contributed by atoms with van der Waals surface area (Å²) in [6.07, 6.45) is 0.701. The minimum Gasteiger partial charge on any atom is -0.444 e. The van der Waals surface area contributed by atoms with Crippen molar-refractivity contribution in [3.8, 4) is 0 Å². The average molecular weight is 410 g/mol. The molecule has 1 heterocycles. The van der Waals surface area contributed by atoms with E-state index in [-0.39, 0.29) is 37.0 Å². The second kappa shape index (κ2) is 8.32. The maximum atomic E-state index is 13.0. The Balaban J connectivity index is 2.09. The number of carbonyl (C=O) groups excluding carboxylic acids is 2. The zero-order valence-electron chi connectivity index (χ0n) is 16.7. The number of piperazine rings is 1. The standard InChI is InChI=1S/C19H27N3O5S/c1-6-17(23)20-15-7-8-16(14(2)13-15)28(25,26)22-11-9-21(10-12-22)18(24)27-19(3,4)5/h6-8,13H,1,9-12H2,2-5H3,(H,20,23). The number of nitrogens with zero attached hydrogens (tertiary/aromatic N) is 2. The highest BCUT2D eigenvalue weighted by molar-refractivity contribution is 7.89. The van der Waals surface area contributed by atoms with E-state index < -0.39 is 21.7 Å². The van der Waals surface area contributed by atoms with Gasteiger partial charge in [-0.2, -0.15) is 4.31 Å². The molecule has 2 amide bonds. The van der Waals surface area contributed by atoms with Crippen molar-refractivity contribution in [2.45, 2.75) is 38.2 Å². The fraction of sp³-hybridized carbons (Fsp3) is 0.474. The molecule has 1 N–H and O–H groups in total. The number of aryl methyl sites for hydroxylation is 1. The van der Waals surface area contributed by atoms with E-state index in [1.165, 1.54) is 21.3 Å². The van der Waals surface area contributed by atoms with E-state index in [9.17, 15) is 18.0 Å². The Kier molecular flexibility index (Phi) is 6.51. The van der Waals surface area contributed by atoms with Gasteiger partial charge in [0.25, 0.3) is 0 Å². The van der Waals surface area contributed by atoms with E-state index in [4.69, 9.17) is 4.74 Å². The number of carbonyl (C=O) groups is 2. The highest BCUT2D eigenvalue weighted by Crippen LogP contribution is 2.24. The second-order valence-corrected chi connectivity index (χ2v) is 9.45. The highest BCUT2D eigenvalue weighted by atomic mass is 32.2. The van der Waals surface area contributed by atoms with Crippen molar-refractivity contribution >= 4 is 27.7 Å². The molecule has 0 aromatic heterocycles. The zero-order chi connectivity index (χ0) is 21.1. The highest BCUT2D eigenvalue weighted by Gasteiger charge is 2.32. The summed E-state index contributed by atoms with van der Waals surface area (Å²) < 4.78 is 32.7. The first-order chi connectivity index (χ1) is 12.9. The van der Waals surface area contributed by atoms with Gasteiger partial charge in [0.1, 0.15) is 5.60 Å². The molecule has 1 aliphatic heterocycles. The van der Waals surface area contributed by atoms with E-state index in [1.807, 2.05) is 0 Å². The summed E-state index contributed by atoms with van der Waals surface area (Å²) in [5.41, 5.74) is 0.424. The molecular weight excluding hydrogens is 382 g/mol. The van der Waals surface area contributed by atoms with Crippen LogP contribution < -0.4 is 5.32 Å². The molecule has 1 aliphatic rings. The van der Waals surface area contributed by atoms with Crippen LogP contribution >= 0.6 is 0 Å². The maximum absolute atomic E-state index is 13.0. The monoisotopic (exact) mass is 409 g/mol. The molecule has 1 saturated heterocycles. The van der Waals surface area contributed by atoms with E-state index in [0.717, 1.165) is 6.08 Å². The van der Waals surface area contributed by atoms with Gasteiger partial charge in [0, 0.05) is 31.9 Å². The summed E-state index contributed by atoms with van der Waals surface area (Å²) in [4.78, 5) is 25.2. The van der Waals surface area contributed by atoms with E-state index in [2.05, 4.69) is 11.9 Å². The lowest BCUT2D eigenvalue weighted by Crippen LogP contribution is -2.51. The fourth-order valence-electron chi connectivity index (χ4n) is 2.79. The van der Waals surface area contributed by atoms with Gasteiger partial charge in [-0.25, -0.2) is 13.2 Å². The Morgan fingerprint density at radius 2 is 1.79 bits per heavy atom. The maximum Gasteiger partial charge on any atom is 0.410 e. The Hall–Kier alpha value is -2.39. The van der Waals surface area contributed by atoms with E-state index in [1.54, 1.807) is 33.8 Å². The number of nitrogens with one attached hydrogen (secondary N) is 1. The van der Waals surface area contributed by atoms with E-state index >= 15 is 0 Å². The average Bonchev–Trinajstić information content (AvgIpc) is 2.60. The van der Waals surface area contributed by atoms with Crippen molar-refractivity contribution in [3.05, 3.63) is 36.4 Å². The van der Waals surface area contributed by atoms with Crippen molar-refractivity contribution in [2.75, 3.05) is 31.5 Å². The topological polar surface area (TPSA) is 96.0 Å². The van der Waals surface area contributed by atoms with Crippen LogP contribution in [0.5, 0.6) is 0 Å². The molecule has 0 radical (unpaired) electrons. The third-order valence-corrected chi connectivity index (χ3v) is 6.19. The predicted octanol–water partition coefficient (Wildman–Crippen LogP) is 2.36. The van der Waals surface area contributed by atoms with Crippen molar-refractivity contribution in [1.82, 2.24) is 9.21 Å². The van der Waals surface area contributed by atoms with E-state index in [0.29, 0.717) is 11.3 Å². The number of hydrogen-bond acceptors (Lipinski definition) is 5. The Bertz CT molecular complexity index is 866. The molecule has 1 fully saturated rings. The van der Waals surface area contributed by atoms with Crippen LogP contribution in [0.15, 0.2) is 35.7 Å². The van der Waals surface area contributed by atoms with Crippen LogP contribution in [0, 0.1) is 6.92 Å². The summed E-state index contributed by atoms with van der Waals surface area (Å²) >= 11 is 0. The van der Waals surface area contributed by atoms with Gasteiger partial charge in [0.2, 0.25) is 15.9 Å². The van der Waals surface area contributed by atoms with Gasteiger partial charge in [-0.15, -0.1) is 0 Å². The summed E-state index contributed by atoms with van der Waals surface area (Å²) in [6, 6.07) is 4.62. The first kappa shape index (κ1) is 21.9. The number of sulfonamides is 1. The van der Waals surface area contributed by atoms with Crippen LogP contribution in [-0.2, 0) is 19.6 Å². The molecule has 0 saturated carbocycles. The molecule has 0 aliphatic carbocycles. The molecular formula is C19H27N3O5S. The van der Waals surface area contributed by atoms with Gasteiger partial charge in [-0.1, -0.05) is 6.58 Å². The van der Waals surface area contributed by atoms with Crippen LogP contribution in [0.4, 0.5) is 10.5 Å². The molecule has 28 heavy (non-hydrogen) atoms. The van der Waals surface area contributed by atoms with Crippen molar-refractivity contribution in [3.63, 3.8) is 0 Å². The lowest BCUT2D eigenvalue weighted by Gasteiger charge is -2.35. The van der Waals surface area contributed by atoms with Crippen LogP contribution in [0.1, 0.15) is 26.3 Å². The quantitative estimate of drug-likeness (QED) is 0.770. The first-order valence-corrected chi connectivity index (χ1v) is 10.4. The molecule has 0 unspecified atom stereocenters. The third kappa shape index (κ3) is 5.32. The number of benzene rings is 1. The minimum absolute atomic E-state index is 0.176. The normalized spacial score (nSPS) is 15.8. The zero-order valence-corrected chi connectivity index (χ0v) is 17.5. The van der Waals surface area contributed by atoms with Crippen molar-refractivity contribution in [1.29, 1.82) is 0 Å². The van der Waals surface area contributed by atoms with Gasteiger partial charge in [0.05, 0.1) is 4.90 Å². The van der Waals surface area contributed by atoms with Gasteiger partial charge >= 0.3 is 6.09 Å². The smallest absolute Gasteiger partial charge is 0.410 e. The summed E-state index contributed by atoms with van der Waals surface area (Å²) in [5.74, 6) is -0.367. The van der Waals surface area contributed by atoms with Crippen LogP contribution in [0.2, 0.25) is 0 Å². The summed E-state index contributed by atoms with van der Waals surface area (Å²) in [7, 11) is -3.71. The predicted molar refractivity (Wildman–Crippen MR) is 107 cm³/mol. The van der Waals surface area contributed by atoms with Crippen LogP contribution in [-0.4, -0.2) is 61.4 Å². The summed E-state index contributed by atoms with van der Waals surface area (Å²) in [5, 5.41) is 2.60. The largest absolute Gasteiger partial charge is 0.444 e. The number of hydrogen-bond donors (Lipinski definition) is 1. The van der Waals surface area contributed by atoms with Gasteiger partial charge in [-0.05, 0) is 57.5 Å². The van der Waals surface area contributed by atoms with Crippen molar-refractivity contribution < 1.29 is 22.7 Å².